The molecule has 2 aliphatic rings. The van der Waals surface area contributed by atoms with Gasteiger partial charge in [0.25, 0.3) is 0 Å². The van der Waals surface area contributed by atoms with Crippen LogP contribution in [0.15, 0.2) is 23.2 Å². The standard InChI is InChI=1S/C23H36ClFN4O.HI/c1-4-26-22(27-16-23(2,3)20-6-5-18(25)13-21(20)24)28-19-7-10-29(11-8-19)14-17-9-12-30-15-17;/h5-6,13,17,19H,4,7-12,14-16H2,1-3H3,(H2,26,27,28);1H. The maximum absolute atomic E-state index is 13.4. The van der Waals surface area contributed by atoms with E-state index in [4.69, 9.17) is 21.3 Å². The number of likely N-dealkylation sites (tertiary alicyclic amines) is 1. The molecule has 0 aliphatic carbocycles. The molecule has 2 saturated heterocycles. The van der Waals surface area contributed by atoms with Gasteiger partial charge in [-0.25, -0.2) is 4.39 Å². The summed E-state index contributed by atoms with van der Waals surface area (Å²) in [7, 11) is 0. The fourth-order valence-corrected chi connectivity index (χ4v) is 4.69. The van der Waals surface area contributed by atoms with Crippen LogP contribution in [-0.4, -0.2) is 62.8 Å². The number of hydrogen-bond donors (Lipinski definition) is 2. The largest absolute Gasteiger partial charge is 0.381 e. The maximum Gasteiger partial charge on any atom is 0.191 e. The van der Waals surface area contributed by atoms with Gasteiger partial charge in [0.15, 0.2) is 5.96 Å². The van der Waals surface area contributed by atoms with Crippen LogP contribution in [0.25, 0.3) is 0 Å². The molecule has 176 valence electrons. The van der Waals surface area contributed by atoms with Gasteiger partial charge in [-0.2, -0.15) is 0 Å². The lowest BCUT2D eigenvalue weighted by Gasteiger charge is -2.34. The molecule has 2 N–H and O–H groups in total. The highest BCUT2D eigenvalue weighted by atomic mass is 127. The third-order valence-corrected chi connectivity index (χ3v) is 6.42. The lowest BCUT2D eigenvalue weighted by molar-refractivity contribution is 0.150. The van der Waals surface area contributed by atoms with Gasteiger partial charge in [0, 0.05) is 49.3 Å². The van der Waals surface area contributed by atoms with Crippen LogP contribution in [0.3, 0.4) is 0 Å². The number of nitrogens with one attached hydrogen (secondary N) is 2. The Balaban J connectivity index is 0.00000341. The lowest BCUT2D eigenvalue weighted by Crippen LogP contribution is -2.49. The van der Waals surface area contributed by atoms with Crippen molar-refractivity contribution >= 4 is 41.5 Å². The van der Waals surface area contributed by atoms with E-state index in [1.54, 1.807) is 6.07 Å². The molecule has 2 heterocycles. The third-order valence-electron chi connectivity index (χ3n) is 6.11. The zero-order valence-electron chi connectivity index (χ0n) is 18.9. The average molecular weight is 567 g/mol. The number of guanidine groups is 1. The second kappa shape index (κ2) is 12.6. The SMILES string of the molecule is CCNC(=NCC(C)(C)c1ccc(F)cc1Cl)NC1CCN(CC2CCOC2)CC1.I. The Morgan fingerprint density at radius 1 is 1.29 bits per heavy atom. The van der Waals surface area contributed by atoms with Crippen molar-refractivity contribution in [1.82, 2.24) is 15.5 Å². The van der Waals surface area contributed by atoms with E-state index < -0.39 is 0 Å². The number of aliphatic imine (C=N–C) groups is 1. The minimum Gasteiger partial charge on any atom is -0.381 e. The maximum atomic E-state index is 13.4. The highest BCUT2D eigenvalue weighted by Crippen LogP contribution is 2.30. The van der Waals surface area contributed by atoms with Gasteiger partial charge in [-0.1, -0.05) is 31.5 Å². The Labute approximate surface area is 208 Å². The Morgan fingerprint density at radius 3 is 2.65 bits per heavy atom. The van der Waals surface area contributed by atoms with E-state index >= 15 is 0 Å². The summed E-state index contributed by atoms with van der Waals surface area (Å²) < 4.78 is 18.9. The van der Waals surface area contributed by atoms with Crippen LogP contribution in [0.4, 0.5) is 4.39 Å². The molecule has 0 aromatic heterocycles. The van der Waals surface area contributed by atoms with E-state index in [0.29, 0.717) is 23.5 Å². The number of nitrogens with zero attached hydrogens (tertiary/aromatic N) is 2. The average Bonchev–Trinajstić information content (AvgIpc) is 3.20. The Bertz CT molecular complexity index is 720. The molecular weight excluding hydrogens is 530 g/mol. The molecule has 31 heavy (non-hydrogen) atoms. The number of ether oxygens (including phenoxy) is 1. The van der Waals surface area contributed by atoms with E-state index in [1.165, 1.54) is 18.6 Å². The van der Waals surface area contributed by atoms with Gasteiger partial charge in [-0.15, -0.1) is 24.0 Å². The van der Waals surface area contributed by atoms with Gasteiger partial charge in [0.1, 0.15) is 5.82 Å². The molecule has 0 bridgehead atoms. The molecule has 8 heteroatoms. The molecule has 0 radical (unpaired) electrons. The molecular formula is C23H37ClFIN4O. The highest BCUT2D eigenvalue weighted by Gasteiger charge is 2.26. The smallest absolute Gasteiger partial charge is 0.191 e. The molecule has 0 amide bonds. The van der Waals surface area contributed by atoms with Crippen molar-refractivity contribution in [2.45, 2.75) is 51.5 Å². The zero-order chi connectivity index (χ0) is 21.6. The summed E-state index contributed by atoms with van der Waals surface area (Å²) in [5, 5.41) is 7.43. The van der Waals surface area contributed by atoms with Crippen LogP contribution in [-0.2, 0) is 10.2 Å². The van der Waals surface area contributed by atoms with Gasteiger partial charge < -0.3 is 20.3 Å². The normalized spacial score (nSPS) is 21.1. The minimum absolute atomic E-state index is 0. The molecule has 1 aromatic carbocycles. The number of rotatable bonds is 7. The monoisotopic (exact) mass is 566 g/mol. The van der Waals surface area contributed by atoms with E-state index in [9.17, 15) is 4.39 Å². The summed E-state index contributed by atoms with van der Waals surface area (Å²) in [4.78, 5) is 7.40. The first-order chi connectivity index (χ1) is 14.4. The summed E-state index contributed by atoms with van der Waals surface area (Å²) in [5.74, 6) is 1.23. The van der Waals surface area contributed by atoms with Crippen LogP contribution in [0, 0.1) is 11.7 Å². The third kappa shape index (κ3) is 8.02. The van der Waals surface area contributed by atoms with Gasteiger partial charge in [0.2, 0.25) is 0 Å². The topological polar surface area (TPSA) is 48.9 Å². The molecule has 2 aliphatic heterocycles. The van der Waals surface area contributed by atoms with Crippen molar-refractivity contribution in [2.24, 2.45) is 10.9 Å². The summed E-state index contributed by atoms with van der Waals surface area (Å²) in [6, 6.07) is 5.02. The van der Waals surface area contributed by atoms with Crippen molar-refractivity contribution in [3.63, 3.8) is 0 Å². The molecule has 3 rings (SSSR count). The number of piperidine rings is 1. The van der Waals surface area contributed by atoms with Crippen molar-refractivity contribution in [3.8, 4) is 0 Å². The first-order valence-electron chi connectivity index (χ1n) is 11.2. The second-order valence-electron chi connectivity index (χ2n) is 9.15. The molecule has 1 unspecified atom stereocenters. The first-order valence-corrected chi connectivity index (χ1v) is 11.6. The minimum atomic E-state index is -0.315. The first kappa shape index (κ1) is 26.6. The van der Waals surface area contributed by atoms with Crippen molar-refractivity contribution in [1.29, 1.82) is 0 Å². The van der Waals surface area contributed by atoms with E-state index in [2.05, 4.69) is 36.3 Å². The Hall–Kier alpha value is -0.640. The van der Waals surface area contributed by atoms with Crippen LogP contribution >= 0.6 is 35.6 Å². The van der Waals surface area contributed by atoms with Crippen LogP contribution in [0.2, 0.25) is 5.02 Å². The molecule has 1 atom stereocenters. The predicted molar refractivity (Wildman–Crippen MR) is 137 cm³/mol. The fourth-order valence-electron chi connectivity index (χ4n) is 4.27. The Kier molecular flexibility index (Phi) is 10.8. The molecule has 0 spiro atoms. The van der Waals surface area contributed by atoms with Crippen LogP contribution < -0.4 is 10.6 Å². The molecule has 1 aromatic rings. The van der Waals surface area contributed by atoms with Gasteiger partial charge >= 0.3 is 0 Å². The molecule has 5 nitrogen and oxygen atoms in total. The number of halogens is 3. The number of hydrogen-bond acceptors (Lipinski definition) is 3. The van der Waals surface area contributed by atoms with Gasteiger partial charge in [-0.3, -0.25) is 4.99 Å². The van der Waals surface area contributed by atoms with Crippen molar-refractivity contribution in [2.75, 3.05) is 45.9 Å². The van der Waals surface area contributed by atoms with Gasteiger partial charge in [0.05, 0.1) is 13.2 Å². The Morgan fingerprint density at radius 2 is 2.03 bits per heavy atom. The summed E-state index contributed by atoms with van der Waals surface area (Å²) in [6.45, 7) is 12.9. The fraction of sp³-hybridized carbons (Fsp3) is 0.696. The lowest BCUT2D eigenvalue weighted by atomic mass is 9.84. The summed E-state index contributed by atoms with van der Waals surface area (Å²) >= 11 is 6.29. The van der Waals surface area contributed by atoms with E-state index in [-0.39, 0.29) is 35.2 Å². The highest BCUT2D eigenvalue weighted by molar-refractivity contribution is 14.0. The van der Waals surface area contributed by atoms with Crippen LogP contribution in [0.1, 0.15) is 45.6 Å². The molecule has 0 saturated carbocycles. The molecule has 2 fully saturated rings. The summed E-state index contributed by atoms with van der Waals surface area (Å²) in [6.07, 6.45) is 3.43. The zero-order valence-corrected chi connectivity index (χ0v) is 22.0. The second-order valence-corrected chi connectivity index (χ2v) is 9.56. The van der Waals surface area contributed by atoms with E-state index in [0.717, 1.165) is 63.8 Å². The van der Waals surface area contributed by atoms with Crippen LogP contribution in [0.5, 0.6) is 0 Å². The summed E-state index contributed by atoms with van der Waals surface area (Å²) in [5.41, 5.74) is 0.620. The number of benzene rings is 1. The quantitative estimate of drug-likeness (QED) is 0.291. The van der Waals surface area contributed by atoms with Gasteiger partial charge in [-0.05, 0) is 49.8 Å². The predicted octanol–water partition coefficient (Wildman–Crippen LogP) is 4.43. The van der Waals surface area contributed by atoms with Crippen molar-refractivity contribution < 1.29 is 9.13 Å². The van der Waals surface area contributed by atoms with E-state index in [1.807, 2.05) is 0 Å². The van der Waals surface area contributed by atoms with Crippen molar-refractivity contribution in [3.05, 3.63) is 34.6 Å².